The number of carbonyl (C=O) groups is 1. The van der Waals surface area contributed by atoms with Crippen molar-refractivity contribution in [2.24, 2.45) is 0 Å². The van der Waals surface area contributed by atoms with E-state index in [0.717, 1.165) is 22.4 Å². The highest BCUT2D eigenvalue weighted by Gasteiger charge is 2.12. The lowest BCUT2D eigenvalue weighted by molar-refractivity contribution is -0.112. The van der Waals surface area contributed by atoms with Gasteiger partial charge in [-0.2, -0.15) is 5.26 Å². The highest BCUT2D eigenvalue weighted by Crippen LogP contribution is 2.22. The Labute approximate surface area is 162 Å². The predicted molar refractivity (Wildman–Crippen MR) is 109 cm³/mol. The molecule has 1 heterocycles. The summed E-state index contributed by atoms with van der Waals surface area (Å²) in [6.45, 7) is 4.00. The first-order chi connectivity index (χ1) is 13.0. The zero-order valence-corrected chi connectivity index (χ0v) is 16.0. The van der Waals surface area contributed by atoms with E-state index >= 15 is 0 Å². The molecule has 0 aliphatic carbocycles. The van der Waals surface area contributed by atoms with Crippen LogP contribution in [0.2, 0.25) is 0 Å². The molecule has 3 aromatic rings. The van der Waals surface area contributed by atoms with Gasteiger partial charge >= 0.3 is 0 Å². The minimum Gasteiger partial charge on any atom is -0.297 e. The molecular formula is C22H19N3OS. The molecule has 0 aliphatic heterocycles. The minimum atomic E-state index is -0.447. The van der Waals surface area contributed by atoms with Crippen LogP contribution >= 0.6 is 11.3 Å². The fourth-order valence-corrected chi connectivity index (χ4v) is 3.53. The lowest BCUT2D eigenvalue weighted by Gasteiger charge is -2.02. The van der Waals surface area contributed by atoms with E-state index in [9.17, 15) is 10.1 Å². The van der Waals surface area contributed by atoms with Crippen molar-refractivity contribution in [3.63, 3.8) is 0 Å². The molecule has 0 radical (unpaired) electrons. The zero-order chi connectivity index (χ0) is 19.2. The molecule has 0 atom stereocenters. The van der Waals surface area contributed by atoms with Crippen LogP contribution < -0.4 is 5.32 Å². The predicted octanol–water partition coefficient (Wildman–Crippen LogP) is 4.90. The molecule has 3 rings (SSSR count). The van der Waals surface area contributed by atoms with Gasteiger partial charge in [-0.1, -0.05) is 54.1 Å². The number of amides is 1. The molecular weight excluding hydrogens is 354 g/mol. The van der Waals surface area contributed by atoms with Crippen molar-refractivity contribution >= 4 is 28.5 Å². The largest absolute Gasteiger partial charge is 0.297 e. The Kier molecular flexibility index (Phi) is 5.80. The van der Waals surface area contributed by atoms with E-state index in [2.05, 4.69) is 35.4 Å². The maximum absolute atomic E-state index is 12.4. The first-order valence-corrected chi connectivity index (χ1v) is 9.36. The van der Waals surface area contributed by atoms with Gasteiger partial charge in [-0.3, -0.25) is 10.1 Å². The van der Waals surface area contributed by atoms with E-state index in [4.69, 9.17) is 0 Å². The van der Waals surface area contributed by atoms with Gasteiger partial charge in [0.15, 0.2) is 5.13 Å². The second kappa shape index (κ2) is 8.43. The fraction of sp³-hybridized carbons (Fsp3) is 0.136. The molecule has 0 saturated heterocycles. The molecule has 0 fully saturated rings. The van der Waals surface area contributed by atoms with E-state index in [1.165, 1.54) is 22.5 Å². The van der Waals surface area contributed by atoms with Gasteiger partial charge in [-0.05, 0) is 36.6 Å². The number of nitrogens with zero attached hydrogens (tertiary/aromatic N) is 2. The average molecular weight is 373 g/mol. The summed E-state index contributed by atoms with van der Waals surface area (Å²) in [6, 6.07) is 17.9. The van der Waals surface area contributed by atoms with Crippen molar-refractivity contribution in [3.8, 4) is 6.07 Å². The number of benzene rings is 2. The van der Waals surface area contributed by atoms with Crippen LogP contribution in [0.1, 0.15) is 27.1 Å². The Bertz CT molecular complexity index is 1040. The van der Waals surface area contributed by atoms with Gasteiger partial charge in [0.1, 0.15) is 11.6 Å². The number of aromatic nitrogens is 1. The van der Waals surface area contributed by atoms with Crippen molar-refractivity contribution < 1.29 is 4.79 Å². The van der Waals surface area contributed by atoms with Crippen LogP contribution in [0.25, 0.3) is 6.08 Å². The third kappa shape index (κ3) is 4.90. The first kappa shape index (κ1) is 18.6. The third-order valence-electron chi connectivity index (χ3n) is 4.09. The number of nitrogens with one attached hydrogen (secondary N) is 1. The number of carbonyl (C=O) groups excluding carboxylic acids is 1. The van der Waals surface area contributed by atoms with Crippen molar-refractivity contribution in [2.75, 3.05) is 5.32 Å². The van der Waals surface area contributed by atoms with Crippen molar-refractivity contribution in [2.45, 2.75) is 20.3 Å². The van der Waals surface area contributed by atoms with Crippen LogP contribution in [-0.2, 0) is 11.2 Å². The van der Waals surface area contributed by atoms with Crippen LogP contribution in [0.15, 0.2) is 60.3 Å². The molecule has 1 aromatic heterocycles. The molecule has 27 heavy (non-hydrogen) atoms. The second-order valence-corrected chi connectivity index (χ2v) is 7.39. The number of hydrogen-bond donors (Lipinski definition) is 1. The Balaban J connectivity index is 1.71. The monoisotopic (exact) mass is 373 g/mol. The van der Waals surface area contributed by atoms with Crippen LogP contribution in [0.3, 0.4) is 0 Å². The number of anilines is 1. The normalized spacial score (nSPS) is 11.1. The van der Waals surface area contributed by atoms with Crippen molar-refractivity contribution in [1.29, 1.82) is 5.26 Å². The number of thiazole rings is 1. The Hall–Kier alpha value is -3.23. The van der Waals surface area contributed by atoms with Crippen molar-refractivity contribution in [1.82, 2.24) is 4.98 Å². The molecule has 0 bridgehead atoms. The van der Waals surface area contributed by atoms with E-state index < -0.39 is 5.91 Å². The summed E-state index contributed by atoms with van der Waals surface area (Å²) >= 11 is 1.42. The lowest BCUT2D eigenvalue weighted by atomic mass is 10.1. The van der Waals surface area contributed by atoms with E-state index in [1.54, 1.807) is 12.3 Å². The van der Waals surface area contributed by atoms with Gasteiger partial charge in [-0.25, -0.2) is 4.98 Å². The van der Waals surface area contributed by atoms with Gasteiger partial charge in [0, 0.05) is 17.5 Å². The van der Waals surface area contributed by atoms with Crippen LogP contribution in [0.5, 0.6) is 0 Å². The van der Waals surface area contributed by atoms with Crippen LogP contribution in [0, 0.1) is 25.2 Å². The number of aryl methyl sites for hydroxylation is 2. The minimum absolute atomic E-state index is 0.0553. The SMILES string of the molecule is Cc1cccc(Cc2cnc(NC(=O)/C(C#N)=C/c3ccccc3C)s2)c1. The number of nitriles is 1. The van der Waals surface area contributed by atoms with Gasteiger partial charge in [-0.15, -0.1) is 11.3 Å². The highest BCUT2D eigenvalue weighted by atomic mass is 32.1. The van der Waals surface area contributed by atoms with Gasteiger partial charge < -0.3 is 0 Å². The van der Waals surface area contributed by atoms with Crippen molar-refractivity contribution in [3.05, 3.63) is 87.4 Å². The van der Waals surface area contributed by atoms with E-state index in [-0.39, 0.29) is 5.57 Å². The number of hydrogen-bond acceptors (Lipinski definition) is 4. The quantitative estimate of drug-likeness (QED) is 0.511. The highest BCUT2D eigenvalue weighted by molar-refractivity contribution is 7.15. The summed E-state index contributed by atoms with van der Waals surface area (Å²) in [4.78, 5) is 17.8. The topological polar surface area (TPSA) is 65.8 Å². The molecule has 5 heteroatoms. The first-order valence-electron chi connectivity index (χ1n) is 8.54. The summed E-state index contributed by atoms with van der Waals surface area (Å²) in [5.41, 5.74) is 4.33. The van der Waals surface area contributed by atoms with Gasteiger partial charge in [0.25, 0.3) is 5.91 Å². The Morgan fingerprint density at radius 3 is 2.78 bits per heavy atom. The Morgan fingerprint density at radius 1 is 1.22 bits per heavy atom. The van der Waals surface area contributed by atoms with Crippen LogP contribution in [-0.4, -0.2) is 10.9 Å². The summed E-state index contributed by atoms with van der Waals surface area (Å²) < 4.78 is 0. The summed E-state index contributed by atoms with van der Waals surface area (Å²) in [5, 5.41) is 12.6. The molecule has 0 unspecified atom stereocenters. The van der Waals surface area contributed by atoms with Crippen LogP contribution in [0.4, 0.5) is 5.13 Å². The average Bonchev–Trinajstić information content (AvgIpc) is 3.07. The number of rotatable bonds is 5. The molecule has 4 nitrogen and oxygen atoms in total. The second-order valence-electron chi connectivity index (χ2n) is 6.28. The smallest absolute Gasteiger partial charge is 0.268 e. The molecule has 0 spiro atoms. The molecule has 1 amide bonds. The summed E-state index contributed by atoms with van der Waals surface area (Å²) in [5.74, 6) is -0.447. The third-order valence-corrected chi connectivity index (χ3v) is 5.00. The maximum Gasteiger partial charge on any atom is 0.268 e. The standard InChI is InChI=1S/C22H19N3OS/c1-15-6-5-8-17(10-15)11-20-14-24-22(27-20)25-21(26)19(13-23)12-18-9-4-3-7-16(18)2/h3-10,12,14H,11H2,1-2H3,(H,24,25,26)/b19-12+. The molecule has 1 N–H and O–H groups in total. The van der Waals surface area contributed by atoms with E-state index in [1.807, 2.05) is 43.3 Å². The summed E-state index contributed by atoms with van der Waals surface area (Å²) in [6.07, 6.45) is 4.13. The maximum atomic E-state index is 12.4. The molecule has 0 aliphatic rings. The van der Waals surface area contributed by atoms with Gasteiger partial charge in [0.2, 0.25) is 0 Å². The zero-order valence-electron chi connectivity index (χ0n) is 15.2. The van der Waals surface area contributed by atoms with Gasteiger partial charge in [0.05, 0.1) is 0 Å². The molecule has 0 saturated carbocycles. The molecule has 2 aromatic carbocycles. The Morgan fingerprint density at radius 2 is 2.04 bits per heavy atom. The lowest BCUT2D eigenvalue weighted by Crippen LogP contribution is -2.13. The fourth-order valence-electron chi connectivity index (χ4n) is 2.69. The van der Waals surface area contributed by atoms with E-state index in [0.29, 0.717) is 5.13 Å². The summed E-state index contributed by atoms with van der Waals surface area (Å²) in [7, 11) is 0. The molecule has 134 valence electrons.